The molecule has 2 rings (SSSR count). The molecule has 1 amide bonds. The fourth-order valence-corrected chi connectivity index (χ4v) is 4.65. The van der Waals surface area contributed by atoms with Crippen LogP contribution in [-0.4, -0.2) is 81.6 Å². The molecule has 0 atom stereocenters. The predicted octanol–water partition coefficient (Wildman–Crippen LogP) is 0.0255. The van der Waals surface area contributed by atoms with Gasteiger partial charge in [0.05, 0.1) is 5.75 Å². The van der Waals surface area contributed by atoms with Gasteiger partial charge in [-0.05, 0) is 32.2 Å². The number of rotatable bonds is 9. The first-order chi connectivity index (χ1) is 11.1. The summed E-state index contributed by atoms with van der Waals surface area (Å²) < 4.78 is 25.6. The van der Waals surface area contributed by atoms with Gasteiger partial charge in [0.15, 0.2) is 0 Å². The van der Waals surface area contributed by atoms with Crippen molar-refractivity contribution in [2.45, 2.75) is 32.1 Å². The highest BCUT2D eigenvalue weighted by Crippen LogP contribution is 2.14. The molecule has 0 aromatic heterocycles. The zero-order valence-corrected chi connectivity index (χ0v) is 16.0. The number of carbonyl (C=O) groups is 1. The number of carbonyl (C=O) groups excluding carboxylic acids is 1. The molecule has 142 valence electrons. The molecule has 7 nitrogen and oxygen atoms in total. The van der Waals surface area contributed by atoms with Crippen LogP contribution in [0, 0.1) is 0 Å². The van der Waals surface area contributed by atoms with Crippen molar-refractivity contribution in [1.82, 2.24) is 19.8 Å². The van der Waals surface area contributed by atoms with Crippen LogP contribution in [0.1, 0.15) is 32.1 Å². The van der Waals surface area contributed by atoms with E-state index in [4.69, 9.17) is 0 Å². The average Bonchev–Trinajstić information content (AvgIpc) is 3.08. The lowest BCUT2D eigenvalue weighted by Crippen LogP contribution is -2.44. The molecule has 24 heavy (non-hydrogen) atoms. The van der Waals surface area contributed by atoms with E-state index in [-0.39, 0.29) is 24.1 Å². The maximum absolute atomic E-state index is 12.0. The van der Waals surface area contributed by atoms with E-state index < -0.39 is 10.0 Å². The number of amides is 1. The topological polar surface area (TPSA) is 81.8 Å². The second-order valence-electron chi connectivity index (χ2n) is 6.32. The average molecular weight is 383 g/mol. The van der Waals surface area contributed by atoms with Crippen molar-refractivity contribution < 1.29 is 13.2 Å². The van der Waals surface area contributed by atoms with E-state index in [0.29, 0.717) is 32.5 Å². The lowest BCUT2D eigenvalue weighted by molar-refractivity contribution is -0.121. The normalized spacial score (nSPS) is 19.8. The molecule has 0 unspecified atom stereocenters. The number of nitrogens with zero attached hydrogens (tertiary/aromatic N) is 2. The highest BCUT2D eigenvalue weighted by atomic mass is 35.5. The van der Waals surface area contributed by atoms with Crippen molar-refractivity contribution in [2.75, 3.05) is 58.1 Å². The van der Waals surface area contributed by atoms with E-state index in [1.165, 1.54) is 0 Å². The molecule has 2 N–H and O–H groups in total. The molecule has 0 aromatic carbocycles. The van der Waals surface area contributed by atoms with E-state index in [2.05, 4.69) is 15.5 Å². The molecule has 0 aliphatic carbocycles. The van der Waals surface area contributed by atoms with Crippen LogP contribution in [-0.2, 0) is 14.8 Å². The van der Waals surface area contributed by atoms with Gasteiger partial charge in [0.25, 0.3) is 0 Å². The first-order valence-corrected chi connectivity index (χ1v) is 10.4. The summed E-state index contributed by atoms with van der Waals surface area (Å²) >= 11 is 0. The first-order valence-electron chi connectivity index (χ1n) is 8.75. The summed E-state index contributed by atoms with van der Waals surface area (Å²) in [5.41, 5.74) is 0. The highest BCUT2D eigenvalue weighted by molar-refractivity contribution is 7.89. The molecular formula is C15H31ClN4O3S. The minimum atomic E-state index is -3.15. The fourth-order valence-electron chi connectivity index (χ4n) is 3.06. The van der Waals surface area contributed by atoms with E-state index in [1.807, 2.05) is 0 Å². The van der Waals surface area contributed by atoms with Crippen LogP contribution in [0.5, 0.6) is 0 Å². The summed E-state index contributed by atoms with van der Waals surface area (Å²) in [5, 5.41) is 6.20. The number of nitrogens with one attached hydrogen (secondary N) is 2. The zero-order chi connectivity index (χ0) is 16.5. The Hall–Kier alpha value is -0.410. The minimum absolute atomic E-state index is 0. The molecule has 9 heteroatoms. The van der Waals surface area contributed by atoms with Gasteiger partial charge in [-0.2, -0.15) is 0 Å². The van der Waals surface area contributed by atoms with E-state index in [1.54, 1.807) is 4.31 Å². The number of sulfonamides is 1. The van der Waals surface area contributed by atoms with Gasteiger partial charge in [-0.25, -0.2) is 12.7 Å². The Morgan fingerprint density at radius 3 is 2.38 bits per heavy atom. The van der Waals surface area contributed by atoms with Crippen LogP contribution in [0.3, 0.4) is 0 Å². The summed E-state index contributed by atoms with van der Waals surface area (Å²) in [6, 6.07) is 0. The SMILES string of the molecule is Cl.O=C(CCCS(=O)(=O)N1CCCC1)NCCCN1CCNCC1. The third-order valence-corrected chi connectivity index (χ3v) is 6.40. The van der Waals surface area contributed by atoms with E-state index in [0.717, 1.165) is 52.0 Å². The van der Waals surface area contributed by atoms with Crippen LogP contribution < -0.4 is 10.6 Å². The van der Waals surface area contributed by atoms with Gasteiger partial charge in [0.1, 0.15) is 0 Å². The molecule has 2 saturated heterocycles. The summed E-state index contributed by atoms with van der Waals surface area (Å²) in [6.07, 6.45) is 3.54. The van der Waals surface area contributed by atoms with Crippen LogP contribution in [0.25, 0.3) is 0 Å². The summed E-state index contributed by atoms with van der Waals surface area (Å²) in [7, 11) is -3.15. The molecule has 0 saturated carbocycles. The third kappa shape index (κ3) is 7.65. The summed E-state index contributed by atoms with van der Waals surface area (Å²) in [4.78, 5) is 14.2. The second kappa shape index (κ2) is 11.3. The van der Waals surface area contributed by atoms with Gasteiger partial charge in [-0.1, -0.05) is 0 Å². The molecule has 0 radical (unpaired) electrons. The van der Waals surface area contributed by atoms with Crippen LogP contribution >= 0.6 is 12.4 Å². The van der Waals surface area contributed by atoms with Gasteiger partial charge in [0, 0.05) is 52.2 Å². The highest BCUT2D eigenvalue weighted by Gasteiger charge is 2.24. The first kappa shape index (κ1) is 21.6. The molecule has 0 spiro atoms. The largest absolute Gasteiger partial charge is 0.356 e. The lowest BCUT2D eigenvalue weighted by atomic mass is 10.3. The monoisotopic (exact) mass is 382 g/mol. The molecule has 2 aliphatic rings. The Balaban J connectivity index is 0.00000288. The number of halogens is 1. The van der Waals surface area contributed by atoms with Gasteiger partial charge in [-0.15, -0.1) is 12.4 Å². The van der Waals surface area contributed by atoms with Crippen LogP contribution in [0.2, 0.25) is 0 Å². The predicted molar refractivity (Wildman–Crippen MR) is 98.0 cm³/mol. The summed E-state index contributed by atoms with van der Waals surface area (Å²) in [6.45, 7) is 7.17. The van der Waals surface area contributed by atoms with Gasteiger partial charge >= 0.3 is 0 Å². The number of piperazine rings is 1. The van der Waals surface area contributed by atoms with Crippen LogP contribution in [0.4, 0.5) is 0 Å². The Bertz CT molecular complexity index is 463. The standard InChI is InChI=1S/C15H30N4O3S.ClH/c20-15(17-6-4-9-18-12-7-16-8-13-18)5-3-14-23(21,22)19-10-1-2-11-19;/h16H,1-14H2,(H,17,20);1H. The Labute approximate surface area is 152 Å². The third-order valence-electron chi connectivity index (χ3n) is 4.45. The number of hydrogen-bond acceptors (Lipinski definition) is 5. The minimum Gasteiger partial charge on any atom is -0.356 e. The zero-order valence-electron chi connectivity index (χ0n) is 14.3. The maximum atomic E-state index is 12.0. The van der Waals surface area contributed by atoms with Crippen molar-refractivity contribution in [2.24, 2.45) is 0 Å². The van der Waals surface area contributed by atoms with Crippen LogP contribution in [0.15, 0.2) is 0 Å². The summed E-state index contributed by atoms with van der Waals surface area (Å²) in [5.74, 6) is 0.0446. The smallest absolute Gasteiger partial charge is 0.220 e. The van der Waals surface area contributed by atoms with Gasteiger partial charge in [-0.3, -0.25) is 4.79 Å². The van der Waals surface area contributed by atoms with Crippen molar-refractivity contribution >= 4 is 28.3 Å². The quantitative estimate of drug-likeness (QED) is 0.550. The Kier molecular flexibility index (Phi) is 10.1. The fraction of sp³-hybridized carbons (Fsp3) is 0.933. The van der Waals surface area contributed by atoms with Crippen molar-refractivity contribution in [3.05, 3.63) is 0 Å². The van der Waals surface area contributed by atoms with E-state index >= 15 is 0 Å². The Morgan fingerprint density at radius 2 is 1.71 bits per heavy atom. The lowest BCUT2D eigenvalue weighted by Gasteiger charge is -2.27. The number of hydrogen-bond donors (Lipinski definition) is 2. The molecular weight excluding hydrogens is 352 g/mol. The molecule has 2 heterocycles. The maximum Gasteiger partial charge on any atom is 0.220 e. The van der Waals surface area contributed by atoms with Crippen molar-refractivity contribution in [1.29, 1.82) is 0 Å². The van der Waals surface area contributed by atoms with Crippen molar-refractivity contribution in [3.63, 3.8) is 0 Å². The second-order valence-corrected chi connectivity index (χ2v) is 8.41. The molecule has 2 aliphatic heterocycles. The van der Waals surface area contributed by atoms with Crippen molar-refractivity contribution in [3.8, 4) is 0 Å². The molecule has 0 aromatic rings. The molecule has 2 fully saturated rings. The Morgan fingerprint density at radius 1 is 1.04 bits per heavy atom. The van der Waals surface area contributed by atoms with Gasteiger partial charge < -0.3 is 15.5 Å². The molecule has 0 bridgehead atoms. The van der Waals surface area contributed by atoms with E-state index in [9.17, 15) is 13.2 Å². The van der Waals surface area contributed by atoms with Gasteiger partial charge in [0.2, 0.25) is 15.9 Å².